The molecule has 25 heavy (non-hydrogen) atoms. The number of hydrogen-bond donors (Lipinski definition) is 0. The zero-order valence-corrected chi connectivity index (χ0v) is 17.5. The molecule has 4 rings (SSSR count). The molecule has 7 heteroatoms. The minimum Gasteiger partial charge on any atom is -0.314 e. The lowest BCUT2D eigenvalue weighted by molar-refractivity contribution is 0.781. The van der Waals surface area contributed by atoms with Crippen LogP contribution >= 0.6 is 50.1 Å². The standard InChI is InChI=1S/C18H12BrIN4S/c19-14-5-1-13(2-6-14)18-17(12-3-7-15(20)8-4-12)16(23-25-18)9-24-10-21-22-11-24/h1-8,10-11H,9H2. The number of hydrogen-bond acceptors (Lipinski definition) is 4. The third-order valence-electron chi connectivity index (χ3n) is 3.80. The van der Waals surface area contributed by atoms with Crippen molar-refractivity contribution in [1.82, 2.24) is 19.1 Å². The molecule has 0 unspecified atom stereocenters. The molecule has 0 aliphatic carbocycles. The largest absolute Gasteiger partial charge is 0.314 e. The van der Waals surface area contributed by atoms with Crippen LogP contribution in [-0.4, -0.2) is 19.1 Å². The second kappa shape index (κ2) is 7.35. The Balaban J connectivity index is 1.85. The molecule has 0 fully saturated rings. The van der Waals surface area contributed by atoms with Crippen molar-refractivity contribution in [1.29, 1.82) is 0 Å². The van der Waals surface area contributed by atoms with E-state index in [1.54, 1.807) is 12.7 Å². The van der Waals surface area contributed by atoms with Crippen LogP contribution < -0.4 is 0 Å². The van der Waals surface area contributed by atoms with Crippen molar-refractivity contribution in [2.45, 2.75) is 6.54 Å². The Labute approximate surface area is 171 Å². The lowest BCUT2D eigenvalue weighted by Gasteiger charge is -2.08. The molecule has 2 aromatic carbocycles. The molecule has 0 atom stereocenters. The molecule has 4 nitrogen and oxygen atoms in total. The molecule has 0 saturated carbocycles. The molecule has 0 N–H and O–H groups in total. The monoisotopic (exact) mass is 522 g/mol. The maximum absolute atomic E-state index is 4.74. The Bertz CT molecular complexity index is 979. The minimum absolute atomic E-state index is 0.654. The van der Waals surface area contributed by atoms with Crippen molar-refractivity contribution in [2.24, 2.45) is 0 Å². The van der Waals surface area contributed by atoms with Crippen LogP contribution in [0.15, 0.2) is 65.7 Å². The Morgan fingerprint density at radius 3 is 2.24 bits per heavy atom. The van der Waals surface area contributed by atoms with Gasteiger partial charge in [-0.25, -0.2) is 0 Å². The Hall–Kier alpha value is -1.58. The molecule has 2 aromatic heterocycles. The van der Waals surface area contributed by atoms with Crippen LogP contribution in [0.25, 0.3) is 21.6 Å². The van der Waals surface area contributed by atoms with Crippen LogP contribution in [-0.2, 0) is 6.54 Å². The van der Waals surface area contributed by atoms with Gasteiger partial charge in [0, 0.05) is 13.6 Å². The highest BCUT2D eigenvalue weighted by Crippen LogP contribution is 2.39. The van der Waals surface area contributed by atoms with E-state index in [1.807, 2.05) is 4.57 Å². The lowest BCUT2D eigenvalue weighted by Crippen LogP contribution is -1.99. The van der Waals surface area contributed by atoms with Gasteiger partial charge in [0.25, 0.3) is 0 Å². The van der Waals surface area contributed by atoms with Crippen molar-refractivity contribution in [3.05, 3.63) is 74.9 Å². The predicted molar refractivity (Wildman–Crippen MR) is 113 cm³/mol. The van der Waals surface area contributed by atoms with Crippen LogP contribution in [0, 0.1) is 3.57 Å². The van der Waals surface area contributed by atoms with Crippen LogP contribution in [0.4, 0.5) is 0 Å². The maximum atomic E-state index is 4.74. The van der Waals surface area contributed by atoms with Gasteiger partial charge in [-0.05, 0) is 69.5 Å². The van der Waals surface area contributed by atoms with Crippen molar-refractivity contribution in [3.63, 3.8) is 0 Å². The van der Waals surface area contributed by atoms with Gasteiger partial charge in [-0.3, -0.25) is 0 Å². The third kappa shape index (κ3) is 3.68. The molecule has 0 saturated heterocycles. The van der Waals surface area contributed by atoms with E-state index in [-0.39, 0.29) is 0 Å². The number of rotatable bonds is 4. The molecule has 2 heterocycles. The maximum Gasteiger partial charge on any atom is 0.119 e. The molecule has 0 aliphatic rings. The summed E-state index contributed by atoms with van der Waals surface area (Å²) < 4.78 is 8.97. The molecule has 0 amide bonds. The molecule has 0 spiro atoms. The molecule has 0 bridgehead atoms. The van der Waals surface area contributed by atoms with Gasteiger partial charge in [0.2, 0.25) is 0 Å². The van der Waals surface area contributed by atoms with Gasteiger partial charge in [-0.1, -0.05) is 40.2 Å². The lowest BCUT2D eigenvalue weighted by atomic mass is 10.0. The van der Waals surface area contributed by atoms with Crippen molar-refractivity contribution < 1.29 is 0 Å². The van der Waals surface area contributed by atoms with E-state index in [1.165, 1.54) is 36.7 Å². The normalized spacial score (nSPS) is 11.0. The van der Waals surface area contributed by atoms with Crippen LogP contribution in [0.2, 0.25) is 0 Å². The topological polar surface area (TPSA) is 43.6 Å². The number of nitrogens with zero attached hydrogens (tertiary/aromatic N) is 4. The zero-order chi connectivity index (χ0) is 17.2. The van der Waals surface area contributed by atoms with E-state index < -0.39 is 0 Å². The highest BCUT2D eigenvalue weighted by Gasteiger charge is 2.17. The molecular weight excluding hydrogens is 511 g/mol. The average molecular weight is 523 g/mol. The molecule has 0 radical (unpaired) electrons. The van der Waals surface area contributed by atoms with Crippen molar-refractivity contribution >= 4 is 50.1 Å². The Kier molecular flexibility index (Phi) is 4.96. The second-order valence-corrected chi connectivity index (χ2v) is 8.42. The average Bonchev–Trinajstić information content (AvgIpc) is 3.27. The summed E-state index contributed by atoms with van der Waals surface area (Å²) >= 11 is 7.36. The van der Waals surface area contributed by atoms with Gasteiger partial charge in [0.15, 0.2) is 0 Å². The van der Waals surface area contributed by atoms with E-state index >= 15 is 0 Å². The summed E-state index contributed by atoms with van der Waals surface area (Å²) in [5, 5.41) is 7.78. The van der Waals surface area contributed by atoms with Crippen molar-refractivity contribution in [3.8, 4) is 21.6 Å². The highest BCUT2D eigenvalue weighted by atomic mass is 127. The van der Waals surface area contributed by atoms with E-state index in [2.05, 4.69) is 97.2 Å². The predicted octanol–water partition coefficient (Wildman–Crippen LogP) is 5.48. The molecule has 0 aliphatic heterocycles. The van der Waals surface area contributed by atoms with Gasteiger partial charge >= 0.3 is 0 Å². The fraction of sp³-hybridized carbons (Fsp3) is 0.0556. The van der Waals surface area contributed by atoms with Gasteiger partial charge in [-0.15, -0.1) is 10.2 Å². The van der Waals surface area contributed by atoms with Gasteiger partial charge in [0.1, 0.15) is 12.7 Å². The quantitative estimate of drug-likeness (QED) is 0.333. The summed E-state index contributed by atoms with van der Waals surface area (Å²) in [6, 6.07) is 16.9. The van der Waals surface area contributed by atoms with Crippen LogP contribution in [0.5, 0.6) is 0 Å². The van der Waals surface area contributed by atoms with Gasteiger partial charge in [0.05, 0.1) is 17.1 Å². The first-order valence-corrected chi connectivity index (χ1v) is 10.2. The molecule has 4 aromatic rings. The first-order chi connectivity index (χ1) is 12.2. The molecule has 124 valence electrons. The number of benzene rings is 2. The Morgan fingerprint density at radius 1 is 0.920 bits per heavy atom. The van der Waals surface area contributed by atoms with Gasteiger partial charge < -0.3 is 4.57 Å². The molecular formula is C18H12BrIN4S. The summed E-state index contributed by atoms with van der Waals surface area (Å²) in [6.45, 7) is 0.654. The first-order valence-electron chi connectivity index (χ1n) is 7.53. The van der Waals surface area contributed by atoms with E-state index in [4.69, 9.17) is 4.37 Å². The minimum atomic E-state index is 0.654. The highest BCUT2D eigenvalue weighted by molar-refractivity contribution is 14.1. The summed E-state index contributed by atoms with van der Waals surface area (Å²) in [5.74, 6) is 0. The number of aromatic nitrogens is 4. The Morgan fingerprint density at radius 2 is 1.56 bits per heavy atom. The summed E-state index contributed by atoms with van der Waals surface area (Å²) in [6.07, 6.45) is 3.44. The number of halogens is 2. The summed E-state index contributed by atoms with van der Waals surface area (Å²) in [5.41, 5.74) is 4.56. The van der Waals surface area contributed by atoms with Gasteiger partial charge in [-0.2, -0.15) is 4.37 Å². The summed E-state index contributed by atoms with van der Waals surface area (Å²) in [4.78, 5) is 1.18. The van der Waals surface area contributed by atoms with Crippen LogP contribution in [0.3, 0.4) is 0 Å². The zero-order valence-electron chi connectivity index (χ0n) is 12.9. The fourth-order valence-corrected chi connectivity index (χ4v) is 4.16. The first kappa shape index (κ1) is 16.9. The third-order valence-corrected chi connectivity index (χ3v) is 5.98. The van der Waals surface area contributed by atoms with E-state index in [0.29, 0.717) is 6.54 Å². The summed E-state index contributed by atoms with van der Waals surface area (Å²) in [7, 11) is 0. The SMILES string of the molecule is Brc1ccc(-c2snc(Cn3cnnc3)c2-c2ccc(I)cc2)cc1. The smallest absolute Gasteiger partial charge is 0.119 e. The van der Waals surface area contributed by atoms with Crippen LogP contribution in [0.1, 0.15) is 5.69 Å². The van der Waals surface area contributed by atoms with E-state index in [0.717, 1.165) is 10.2 Å². The second-order valence-electron chi connectivity index (χ2n) is 5.48. The van der Waals surface area contributed by atoms with E-state index in [9.17, 15) is 0 Å². The van der Waals surface area contributed by atoms with Crippen molar-refractivity contribution in [2.75, 3.05) is 0 Å². The fourth-order valence-electron chi connectivity index (χ4n) is 2.62.